The Morgan fingerprint density at radius 3 is 2.51 bits per heavy atom. The molecular weight excluding hydrogens is 516 g/mol. The van der Waals surface area contributed by atoms with Crippen LogP contribution in [-0.4, -0.2) is 52.8 Å². The first kappa shape index (κ1) is 27.1. The summed E-state index contributed by atoms with van der Waals surface area (Å²) < 4.78 is 13.1. The number of hydrogen-bond acceptors (Lipinski definition) is 5. The van der Waals surface area contributed by atoms with Crippen molar-refractivity contribution in [2.45, 2.75) is 52.9 Å². The Kier molecular flexibility index (Phi) is 7.58. The third kappa shape index (κ3) is 5.91. The number of amides is 2. The fraction of sp³-hybridized carbons (Fsp3) is 0.433. The first-order valence-electron chi connectivity index (χ1n) is 13.4. The van der Waals surface area contributed by atoms with Crippen LogP contribution < -0.4 is 14.8 Å². The van der Waals surface area contributed by atoms with E-state index in [0.29, 0.717) is 60.5 Å². The van der Waals surface area contributed by atoms with Gasteiger partial charge in [0.1, 0.15) is 13.2 Å². The van der Waals surface area contributed by atoms with E-state index in [0.717, 1.165) is 29.8 Å². The van der Waals surface area contributed by atoms with Gasteiger partial charge >= 0.3 is 0 Å². The lowest BCUT2D eigenvalue weighted by molar-refractivity contribution is -0.134. The highest BCUT2D eigenvalue weighted by atomic mass is 35.5. The predicted octanol–water partition coefficient (Wildman–Crippen LogP) is 6.00. The van der Waals surface area contributed by atoms with Crippen molar-refractivity contribution in [1.82, 2.24) is 14.7 Å². The molecule has 1 fully saturated rings. The molecule has 2 aromatic carbocycles. The molecule has 206 valence electrons. The maximum atomic E-state index is 13.6. The van der Waals surface area contributed by atoms with Crippen molar-refractivity contribution >= 4 is 29.1 Å². The van der Waals surface area contributed by atoms with Gasteiger partial charge in [-0.2, -0.15) is 5.10 Å². The van der Waals surface area contributed by atoms with Crippen LogP contribution in [0.1, 0.15) is 67.6 Å². The highest BCUT2D eigenvalue weighted by Crippen LogP contribution is 2.36. The normalized spacial score (nSPS) is 15.8. The summed E-state index contributed by atoms with van der Waals surface area (Å²) in [5, 5.41) is 8.32. The molecule has 1 aromatic heterocycles. The number of ether oxygens (including phenoxy) is 2. The Morgan fingerprint density at radius 2 is 1.79 bits per heavy atom. The van der Waals surface area contributed by atoms with Crippen LogP contribution >= 0.6 is 11.6 Å². The second-order valence-electron chi connectivity index (χ2n) is 11.4. The minimum Gasteiger partial charge on any atom is -0.486 e. The van der Waals surface area contributed by atoms with E-state index in [1.54, 1.807) is 24.4 Å². The summed E-state index contributed by atoms with van der Waals surface area (Å²) in [7, 11) is 0. The first-order valence-corrected chi connectivity index (χ1v) is 13.8. The maximum absolute atomic E-state index is 13.6. The molecule has 0 unspecified atom stereocenters. The first-order chi connectivity index (χ1) is 18.6. The van der Waals surface area contributed by atoms with Gasteiger partial charge in [0, 0.05) is 42.2 Å². The molecule has 1 saturated heterocycles. The standard InChI is InChI=1S/C30H35ClN4O4/c1-19-23(31)6-5-7-24(19)35-28(20-10-12-34(13-11-20)27(36)17-30(2,3)4)22(18-32-35)29(37)33-21-8-9-25-26(16-21)39-15-14-38-25/h5-9,16,18,20H,10-15,17H2,1-4H3,(H,33,37). The van der Waals surface area contributed by atoms with Crippen molar-refractivity contribution in [2.75, 3.05) is 31.6 Å². The SMILES string of the molecule is Cc1c(Cl)cccc1-n1ncc(C(=O)Nc2ccc3c(c2)OCCO3)c1C1CCN(C(=O)CC(C)(C)C)CC1. The Balaban J connectivity index is 1.44. The van der Waals surface area contributed by atoms with Crippen LogP contribution in [0.15, 0.2) is 42.6 Å². The van der Waals surface area contributed by atoms with Gasteiger partial charge in [0.05, 0.1) is 23.1 Å². The van der Waals surface area contributed by atoms with Crippen LogP contribution in [0.5, 0.6) is 11.5 Å². The van der Waals surface area contributed by atoms with Gasteiger partial charge in [0.2, 0.25) is 5.91 Å². The Hall–Kier alpha value is -3.52. The zero-order valence-electron chi connectivity index (χ0n) is 22.9. The summed E-state index contributed by atoms with van der Waals surface area (Å²) in [6.07, 6.45) is 3.62. The van der Waals surface area contributed by atoms with Crippen molar-refractivity contribution < 1.29 is 19.1 Å². The lowest BCUT2D eigenvalue weighted by atomic mass is 9.88. The average Bonchev–Trinajstić information content (AvgIpc) is 3.34. The second kappa shape index (κ2) is 10.9. The maximum Gasteiger partial charge on any atom is 0.259 e. The summed E-state index contributed by atoms with van der Waals surface area (Å²) in [6.45, 7) is 10.4. The minimum atomic E-state index is -0.251. The molecule has 0 spiro atoms. The number of carbonyl (C=O) groups excluding carboxylic acids is 2. The fourth-order valence-corrected chi connectivity index (χ4v) is 5.40. The molecule has 1 N–H and O–H groups in total. The predicted molar refractivity (Wildman–Crippen MR) is 151 cm³/mol. The van der Waals surface area contributed by atoms with E-state index >= 15 is 0 Å². The van der Waals surface area contributed by atoms with Crippen molar-refractivity contribution in [3.63, 3.8) is 0 Å². The van der Waals surface area contributed by atoms with Crippen LogP contribution in [-0.2, 0) is 4.79 Å². The number of rotatable bonds is 5. The van der Waals surface area contributed by atoms with Gasteiger partial charge in [-0.1, -0.05) is 38.4 Å². The zero-order valence-corrected chi connectivity index (χ0v) is 23.7. The molecule has 5 rings (SSSR count). The van der Waals surface area contributed by atoms with Gasteiger partial charge in [-0.3, -0.25) is 9.59 Å². The Bertz CT molecular complexity index is 1390. The minimum absolute atomic E-state index is 0.0468. The van der Waals surface area contributed by atoms with Gasteiger partial charge in [0.15, 0.2) is 11.5 Å². The summed E-state index contributed by atoms with van der Waals surface area (Å²) in [5.41, 5.74) is 3.62. The molecule has 0 bridgehead atoms. The van der Waals surface area contributed by atoms with Crippen LogP contribution in [0.4, 0.5) is 5.69 Å². The number of likely N-dealkylation sites (tertiary alicyclic amines) is 1. The molecule has 2 aliphatic rings. The van der Waals surface area contributed by atoms with E-state index in [2.05, 4.69) is 31.2 Å². The van der Waals surface area contributed by atoms with Crippen molar-refractivity contribution in [2.24, 2.45) is 5.41 Å². The summed E-state index contributed by atoms with van der Waals surface area (Å²) in [6, 6.07) is 11.1. The number of nitrogens with zero attached hydrogens (tertiary/aromatic N) is 3. The number of fused-ring (bicyclic) bond motifs is 1. The van der Waals surface area contributed by atoms with E-state index in [1.165, 1.54) is 0 Å². The van der Waals surface area contributed by atoms with E-state index in [9.17, 15) is 9.59 Å². The number of anilines is 1. The van der Waals surface area contributed by atoms with Crippen LogP contribution in [0, 0.1) is 12.3 Å². The molecule has 3 aromatic rings. The average molecular weight is 551 g/mol. The third-order valence-electron chi connectivity index (χ3n) is 7.23. The molecule has 0 saturated carbocycles. The Morgan fingerprint density at radius 1 is 1.08 bits per heavy atom. The van der Waals surface area contributed by atoms with Gasteiger partial charge in [-0.05, 0) is 55.0 Å². The number of piperidine rings is 1. The zero-order chi connectivity index (χ0) is 27.7. The van der Waals surface area contributed by atoms with Crippen molar-refractivity contribution in [1.29, 1.82) is 0 Å². The van der Waals surface area contributed by atoms with Crippen molar-refractivity contribution in [3.05, 3.63) is 64.4 Å². The number of halogens is 1. The molecule has 0 atom stereocenters. The molecule has 0 radical (unpaired) electrons. The van der Waals surface area contributed by atoms with E-state index in [1.807, 2.05) is 34.7 Å². The molecule has 0 aliphatic carbocycles. The summed E-state index contributed by atoms with van der Waals surface area (Å²) in [5.74, 6) is 1.25. The quantitative estimate of drug-likeness (QED) is 0.421. The largest absolute Gasteiger partial charge is 0.486 e. The number of carbonyl (C=O) groups is 2. The highest BCUT2D eigenvalue weighted by Gasteiger charge is 2.32. The van der Waals surface area contributed by atoms with Crippen LogP contribution in [0.25, 0.3) is 5.69 Å². The third-order valence-corrected chi connectivity index (χ3v) is 7.64. The van der Waals surface area contributed by atoms with Crippen LogP contribution in [0.3, 0.4) is 0 Å². The van der Waals surface area contributed by atoms with E-state index < -0.39 is 0 Å². The number of nitrogens with one attached hydrogen (secondary N) is 1. The smallest absolute Gasteiger partial charge is 0.259 e. The molecule has 2 aliphatic heterocycles. The Labute approximate surface area is 234 Å². The molecule has 8 nitrogen and oxygen atoms in total. The number of hydrogen-bond donors (Lipinski definition) is 1. The lowest BCUT2D eigenvalue weighted by Crippen LogP contribution is -2.40. The summed E-state index contributed by atoms with van der Waals surface area (Å²) in [4.78, 5) is 28.5. The molecule has 3 heterocycles. The fourth-order valence-electron chi connectivity index (χ4n) is 5.23. The highest BCUT2D eigenvalue weighted by molar-refractivity contribution is 6.31. The van der Waals surface area contributed by atoms with Crippen molar-refractivity contribution in [3.8, 4) is 17.2 Å². The monoisotopic (exact) mass is 550 g/mol. The number of aromatic nitrogens is 2. The second-order valence-corrected chi connectivity index (χ2v) is 11.9. The van der Waals surface area contributed by atoms with E-state index in [-0.39, 0.29) is 23.1 Å². The molecule has 9 heteroatoms. The van der Waals surface area contributed by atoms with Gasteiger partial charge in [0.25, 0.3) is 5.91 Å². The molecule has 2 amide bonds. The lowest BCUT2D eigenvalue weighted by Gasteiger charge is -2.34. The van der Waals surface area contributed by atoms with Gasteiger partial charge in [-0.15, -0.1) is 0 Å². The van der Waals surface area contributed by atoms with Crippen LogP contribution in [0.2, 0.25) is 5.02 Å². The summed E-state index contributed by atoms with van der Waals surface area (Å²) >= 11 is 6.46. The van der Waals surface area contributed by atoms with E-state index in [4.69, 9.17) is 21.1 Å². The number of benzene rings is 2. The molecule has 39 heavy (non-hydrogen) atoms. The topological polar surface area (TPSA) is 85.7 Å². The van der Waals surface area contributed by atoms with Gasteiger partial charge < -0.3 is 19.7 Å². The van der Waals surface area contributed by atoms with Gasteiger partial charge in [-0.25, -0.2) is 4.68 Å². The molecular formula is C30H35ClN4O4.